The first-order chi connectivity index (χ1) is 10.2. The zero-order valence-corrected chi connectivity index (χ0v) is 13.4. The Morgan fingerprint density at radius 3 is 3.05 bits per heavy atom. The third-order valence-electron chi connectivity index (χ3n) is 3.71. The van der Waals surface area contributed by atoms with E-state index in [0.29, 0.717) is 24.2 Å². The summed E-state index contributed by atoms with van der Waals surface area (Å²) in [5.41, 5.74) is 6.79. The highest BCUT2D eigenvalue weighted by atomic mass is 32.2. The summed E-state index contributed by atoms with van der Waals surface area (Å²) in [6, 6.07) is 6.92. The van der Waals surface area contributed by atoms with E-state index < -0.39 is 0 Å². The summed E-state index contributed by atoms with van der Waals surface area (Å²) in [6.07, 6.45) is 2.47. The number of nitrogens with two attached hydrogens (primary N) is 1. The maximum Gasteiger partial charge on any atom is 0.191 e. The number of likely N-dealkylation sites (tertiary alicyclic amines) is 1. The maximum atomic E-state index is 13.4. The van der Waals surface area contributed by atoms with Gasteiger partial charge in [-0.25, -0.2) is 4.39 Å². The van der Waals surface area contributed by atoms with Gasteiger partial charge in [0.1, 0.15) is 5.82 Å². The molecule has 1 aliphatic rings. The molecular formula is C16H24FN3S. The number of hydrogen-bond acceptors (Lipinski definition) is 2. The number of rotatable bonds is 5. The molecule has 2 N–H and O–H groups in total. The summed E-state index contributed by atoms with van der Waals surface area (Å²) >= 11 is 1.69. The summed E-state index contributed by atoms with van der Waals surface area (Å²) in [6.45, 7) is 4.97. The van der Waals surface area contributed by atoms with Crippen LogP contribution in [0.4, 0.5) is 4.39 Å². The number of benzene rings is 1. The molecule has 1 atom stereocenters. The van der Waals surface area contributed by atoms with Crippen LogP contribution >= 0.6 is 11.8 Å². The van der Waals surface area contributed by atoms with Crippen molar-refractivity contribution < 1.29 is 4.39 Å². The average Bonchev–Trinajstić information content (AvgIpc) is 2.48. The topological polar surface area (TPSA) is 41.6 Å². The summed E-state index contributed by atoms with van der Waals surface area (Å²) < 4.78 is 13.4. The van der Waals surface area contributed by atoms with Crippen LogP contribution in [0.15, 0.2) is 29.3 Å². The van der Waals surface area contributed by atoms with Crippen LogP contribution in [0, 0.1) is 11.7 Å². The van der Waals surface area contributed by atoms with Gasteiger partial charge in [0.05, 0.1) is 6.54 Å². The molecule has 1 saturated heterocycles. The van der Waals surface area contributed by atoms with E-state index in [0.717, 1.165) is 24.4 Å². The van der Waals surface area contributed by atoms with Crippen LogP contribution in [0.25, 0.3) is 0 Å². The van der Waals surface area contributed by atoms with E-state index in [4.69, 9.17) is 5.73 Å². The third kappa shape index (κ3) is 5.23. The number of guanidine groups is 1. The normalized spacial score (nSPS) is 19.8. The van der Waals surface area contributed by atoms with Crippen molar-refractivity contribution >= 4 is 17.7 Å². The second kappa shape index (κ2) is 8.27. The molecule has 0 radical (unpaired) electrons. The Morgan fingerprint density at radius 2 is 2.29 bits per heavy atom. The van der Waals surface area contributed by atoms with Crippen LogP contribution in [-0.4, -0.2) is 36.2 Å². The van der Waals surface area contributed by atoms with E-state index in [1.807, 2.05) is 12.1 Å². The fraction of sp³-hybridized carbons (Fsp3) is 0.562. The summed E-state index contributed by atoms with van der Waals surface area (Å²) in [7, 11) is 0. The van der Waals surface area contributed by atoms with Crippen molar-refractivity contribution in [3.05, 3.63) is 35.6 Å². The summed E-state index contributed by atoms with van der Waals surface area (Å²) in [5, 5.41) is 0. The minimum Gasteiger partial charge on any atom is -0.370 e. The van der Waals surface area contributed by atoms with Crippen LogP contribution in [0.3, 0.4) is 0 Å². The van der Waals surface area contributed by atoms with Gasteiger partial charge in [-0.2, -0.15) is 11.8 Å². The zero-order chi connectivity index (χ0) is 15.1. The molecule has 0 aromatic heterocycles. The highest BCUT2D eigenvalue weighted by Gasteiger charge is 2.17. The van der Waals surface area contributed by atoms with Gasteiger partial charge in [-0.15, -0.1) is 0 Å². The van der Waals surface area contributed by atoms with Crippen LogP contribution < -0.4 is 5.73 Å². The summed E-state index contributed by atoms with van der Waals surface area (Å²) in [5.74, 6) is 2.77. The molecule has 0 saturated carbocycles. The molecule has 0 amide bonds. The molecule has 1 unspecified atom stereocenters. The van der Waals surface area contributed by atoms with Gasteiger partial charge >= 0.3 is 0 Å². The van der Waals surface area contributed by atoms with E-state index in [1.165, 1.54) is 18.9 Å². The molecule has 5 heteroatoms. The quantitative estimate of drug-likeness (QED) is 0.516. The minimum atomic E-state index is -0.129. The van der Waals surface area contributed by atoms with Gasteiger partial charge in [-0.3, -0.25) is 4.99 Å². The standard InChI is InChI=1S/C16H24FN3S/c1-13-5-4-9-20(11-13)16(18)19-8-10-21-12-14-6-2-3-7-15(14)17/h2-3,6-7,13H,4-5,8-12H2,1H3,(H2,18,19). The van der Waals surface area contributed by atoms with Gasteiger partial charge in [0.25, 0.3) is 0 Å². The first-order valence-corrected chi connectivity index (χ1v) is 8.68. The minimum absolute atomic E-state index is 0.129. The second-order valence-corrected chi connectivity index (χ2v) is 6.68. The first-order valence-electron chi connectivity index (χ1n) is 7.53. The lowest BCUT2D eigenvalue weighted by atomic mass is 10.0. The van der Waals surface area contributed by atoms with Crippen molar-refractivity contribution in [2.75, 3.05) is 25.4 Å². The maximum absolute atomic E-state index is 13.4. The molecule has 1 heterocycles. The van der Waals surface area contributed by atoms with Crippen molar-refractivity contribution in [2.45, 2.75) is 25.5 Å². The molecule has 0 bridgehead atoms. The molecule has 0 aliphatic carbocycles. The van der Waals surface area contributed by atoms with Crippen molar-refractivity contribution in [1.82, 2.24) is 4.90 Å². The third-order valence-corrected chi connectivity index (χ3v) is 4.69. The average molecular weight is 309 g/mol. The Labute approximate surface area is 130 Å². The van der Waals surface area contributed by atoms with E-state index >= 15 is 0 Å². The molecule has 0 spiro atoms. The molecule has 116 valence electrons. The van der Waals surface area contributed by atoms with E-state index in [-0.39, 0.29) is 5.82 Å². The molecule has 1 fully saturated rings. The lowest BCUT2D eigenvalue weighted by Crippen LogP contribution is -2.43. The zero-order valence-electron chi connectivity index (χ0n) is 12.6. The van der Waals surface area contributed by atoms with E-state index in [9.17, 15) is 4.39 Å². The second-order valence-electron chi connectivity index (χ2n) is 5.58. The number of thioether (sulfide) groups is 1. The van der Waals surface area contributed by atoms with Crippen molar-refractivity contribution in [1.29, 1.82) is 0 Å². The van der Waals surface area contributed by atoms with E-state index in [1.54, 1.807) is 17.8 Å². The smallest absolute Gasteiger partial charge is 0.191 e. The Hall–Kier alpha value is -1.23. The van der Waals surface area contributed by atoms with E-state index in [2.05, 4.69) is 16.8 Å². The highest BCUT2D eigenvalue weighted by molar-refractivity contribution is 7.98. The van der Waals surface area contributed by atoms with Gasteiger partial charge in [0.2, 0.25) is 0 Å². The van der Waals surface area contributed by atoms with Gasteiger partial charge in [-0.1, -0.05) is 25.1 Å². The molecule has 1 aliphatic heterocycles. The molecule has 3 nitrogen and oxygen atoms in total. The Bertz CT molecular complexity index is 478. The van der Waals surface area contributed by atoms with Crippen molar-refractivity contribution in [2.24, 2.45) is 16.6 Å². The van der Waals surface area contributed by atoms with Gasteiger partial charge < -0.3 is 10.6 Å². The van der Waals surface area contributed by atoms with Crippen LogP contribution in [0.1, 0.15) is 25.3 Å². The number of halogens is 1. The predicted octanol–water partition coefficient (Wildman–Crippen LogP) is 3.11. The fourth-order valence-corrected chi connectivity index (χ4v) is 3.34. The number of nitrogens with zero attached hydrogens (tertiary/aromatic N) is 2. The monoisotopic (exact) mass is 309 g/mol. The number of piperidine rings is 1. The number of hydrogen-bond donors (Lipinski definition) is 1. The lowest BCUT2D eigenvalue weighted by Gasteiger charge is -2.31. The molecule has 2 rings (SSSR count). The first kappa shape index (κ1) is 16.1. The van der Waals surface area contributed by atoms with Crippen LogP contribution in [-0.2, 0) is 5.75 Å². The van der Waals surface area contributed by atoms with Crippen LogP contribution in [0.5, 0.6) is 0 Å². The van der Waals surface area contributed by atoms with Crippen molar-refractivity contribution in [3.63, 3.8) is 0 Å². The molecular weight excluding hydrogens is 285 g/mol. The lowest BCUT2D eigenvalue weighted by molar-refractivity contribution is 0.270. The molecule has 21 heavy (non-hydrogen) atoms. The van der Waals surface area contributed by atoms with Gasteiger partial charge in [0, 0.05) is 24.6 Å². The highest BCUT2D eigenvalue weighted by Crippen LogP contribution is 2.16. The summed E-state index contributed by atoms with van der Waals surface area (Å²) in [4.78, 5) is 6.62. The van der Waals surface area contributed by atoms with Gasteiger partial charge in [-0.05, 0) is 30.4 Å². The van der Waals surface area contributed by atoms with Crippen LogP contribution in [0.2, 0.25) is 0 Å². The predicted molar refractivity (Wildman–Crippen MR) is 89.0 cm³/mol. The Morgan fingerprint density at radius 1 is 1.48 bits per heavy atom. The van der Waals surface area contributed by atoms with Gasteiger partial charge in [0.15, 0.2) is 5.96 Å². The Kier molecular flexibility index (Phi) is 6.36. The van der Waals surface area contributed by atoms with Crippen molar-refractivity contribution in [3.8, 4) is 0 Å². The number of aliphatic imine (C=N–C) groups is 1. The SMILES string of the molecule is CC1CCCN(C(N)=NCCSCc2ccccc2F)C1. The largest absolute Gasteiger partial charge is 0.370 e. The Balaban J connectivity index is 1.69. The molecule has 1 aromatic rings. The molecule has 1 aromatic carbocycles. The fourth-order valence-electron chi connectivity index (χ4n) is 2.52.